The molecule has 162 valence electrons. The predicted molar refractivity (Wildman–Crippen MR) is 117 cm³/mol. The van der Waals surface area contributed by atoms with Crippen molar-refractivity contribution in [2.45, 2.75) is 50.0 Å². The normalized spacial score (nSPS) is 16.1. The van der Waals surface area contributed by atoms with Gasteiger partial charge in [-0.3, -0.25) is 4.79 Å². The van der Waals surface area contributed by atoms with Crippen LogP contribution in [0.5, 0.6) is 5.75 Å². The molecule has 1 fully saturated rings. The molecule has 1 heterocycles. The smallest absolute Gasteiger partial charge is 0.243 e. The van der Waals surface area contributed by atoms with E-state index in [1.54, 1.807) is 35.7 Å². The van der Waals surface area contributed by atoms with Gasteiger partial charge in [-0.25, -0.2) is 8.42 Å². The molecular weight excluding hydrogens is 400 g/mol. The summed E-state index contributed by atoms with van der Waals surface area (Å²) in [6.07, 6.45) is 3.80. The molecule has 0 spiro atoms. The summed E-state index contributed by atoms with van der Waals surface area (Å²) < 4.78 is 32.4. The molecule has 0 bridgehead atoms. The third-order valence-corrected chi connectivity index (χ3v) is 7.41. The van der Waals surface area contributed by atoms with Gasteiger partial charge in [-0.05, 0) is 49.9 Å². The van der Waals surface area contributed by atoms with Gasteiger partial charge in [0.1, 0.15) is 5.75 Å². The summed E-state index contributed by atoms with van der Waals surface area (Å²) in [5.74, 6) is 0.689. The van der Waals surface area contributed by atoms with E-state index >= 15 is 0 Å². The molecule has 1 N–H and O–H groups in total. The number of nitrogens with one attached hydrogen (secondary N) is 1. The maximum Gasteiger partial charge on any atom is 0.243 e. The largest absolute Gasteiger partial charge is 0.496 e. The molecule has 30 heavy (non-hydrogen) atoms. The lowest BCUT2D eigenvalue weighted by molar-refractivity contribution is -0.121. The number of ether oxygens (including phenoxy) is 1. The molecule has 0 radical (unpaired) electrons. The van der Waals surface area contributed by atoms with E-state index in [9.17, 15) is 13.2 Å². The lowest BCUT2D eigenvalue weighted by Crippen LogP contribution is -2.35. The van der Waals surface area contributed by atoms with E-state index in [0.29, 0.717) is 30.8 Å². The molecule has 2 aromatic carbocycles. The van der Waals surface area contributed by atoms with Gasteiger partial charge in [0.15, 0.2) is 0 Å². The van der Waals surface area contributed by atoms with Crippen molar-refractivity contribution in [1.82, 2.24) is 9.62 Å². The molecule has 1 amide bonds. The van der Waals surface area contributed by atoms with Crippen LogP contribution >= 0.6 is 0 Å². The third-order valence-electron chi connectivity index (χ3n) is 5.50. The zero-order valence-electron chi connectivity index (χ0n) is 17.6. The molecule has 3 rings (SSSR count). The molecule has 1 aliphatic rings. The quantitative estimate of drug-likeness (QED) is 0.693. The second-order valence-corrected chi connectivity index (χ2v) is 9.58. The first-order chi connectivity index (χ1) is 14.4. The third kappa shape index (κ3) is 5.40. The van der Waals surface area contributed by atoms with Gasteiger partial charge in [0.25, 0.3) is 0 Å². The second kappa shape index (κ2) is 10.1. The highest BCUT2D eigenvalue weighted by molar-refractivity contribution is 7.89. The van der Waals surface area contributed by atoms with Crippen LogP contribution < -0.4 is 10.1 Å². The van der Waals surface area contributed by atoms with Gasteiger partial charge in [-0.1, -0.05) is 36.8 Å². The van der Waals surface area contributed by atoms with Crippen LogP contribution in [0.4, 0.5) is 0 Å². The van der Waals surface area contributed by atoms with Crippen molar-refractivity contribution in [3.8, 4) is 5.75 Å². The topological polar surface area (TPSA) is 75.7 Å². The number of methoxy groups -OCH3 is 1. The molecule has 0 aliphatic carbocycles. The number of hydrogen-bond donors (Lipinski definition) is 1. The van der Waals surface area contributed by atoms with Gasteiger partial charge < -0.3 is 10.1 Å². The number of rotatable bonds is 8. The Morgan fingerprint density at radius 2 is 1.73 bits per heavy atom. The summed E-state index contributed by atoms with van der Waals surface area (Å²) >= 11 is 0. The van der Waals surface area contributed by atoms with Crippen LogP contribution in [0.25, 0.3) is 0 Å². The van der Waals surface area contributed by atoms with Gasteiger partial charge in [0.2, 0.25) is 15.9 Å². The van der Waals surface area contributed by atoms with Gasteiger partial charge in [0.05, 0.1) is 18.0 Å². The predicted octanol–water partition coefficient (Wildman–Crippen LogP) is 3.68. The van der Waals surface area contributed by atoms with Crippen LogP contribution in [-0.2, 0) is 21.2 Å². The molecule has 2 aromatic rings. The summed E-state index contributed by atoms with van der Waals surface area (Å²) in [7, 11) is -1.81. The molecule has 0 aromatic heterocycles. The highest BCUT2D eigenvalue weighted by Gasteiger charge is 2.25. The summed E-state index contributed by atoms with van der Waals surface area (Å²) in [4.78, 5) is 12.7. The molecule has 0 unspecified atom stereocenters. The van der Waals surface area contributed by atoms with Gasteiger partial charge >= 0.3 is 0 Å². The molecule has 6 nitrogen and oxygen atoms in total. The van der Waals surface area contributed by atoms with Gasteiger partial charge in [-0.2, -0.15) is 4.31 Å². The monoisotopic (exact) mass is 430 g/mol. The molecule has 1 saturated heterocycles. The van der Waals surface area contributed by atoms with Crippen molar-refractivity contribution >= 4 is 15.9 Å². The van der Waals surface area contributed by atoms with Crippen molar-refractivity contribution in [2.24, 2.45) is 0 Å². The first-order valence-electron chi connectivity index (χ1n) is 10.4. The number of hydrogen-bond acceptors (Lipinski definition) is 4. The fraction of sp³-hybridized carbons (Fsp3) is 0.435. The van der Waals surface area contributed by atoms with E-state index in [1.807, 2.05) is 31.2 Å². The van der Waals surface area contributed by atoms with Crippen molar-refractivity contribution < 1.29 is 17.9 Å². The van der Waals surface area contributed by atoms with E-state index in [4.69, 9.17) is 4.74 Å². The minimum absolute atomic E-state index is 0.0570. The number of aryl methyl sites for hydroxylation is 1. The highest BCUT2D eigenvalue weighted by Crippen LogP contribution is 2.24. The zero-order valence-corrected chi connectivity index (χ0v) is 18.5. The Morgan fingerprint density at radius 3 is 2.40 bits per heavy atom. The molecule has 7 heteroatoms. The Labute approximate surface area is 179 Å². The number of para-hydroxylation sites is 1. The first kappa shape index (κ1) is 22.3. The lowest BCUT2D eigenvalue weighted by atomic mass is 10.1. The Hall–Kier alpha value is -2.38. The van der Waals surface area contributed by atoms with E-state index < -0.39 is 10.0 Å². The molecular formula is C23H30N2O4S. The van der Waals surface area contributed by atoms with Gasteiger partial charge in [0, 0.05) is 25.1 Å². The lowest BCUT2D eigenvalue weighted by Gasteiger charge is -2.25. The van der Waals surface area contributed by atoms with Crippen molar-refractivity contribution in [3.63, 3.8) is 0 Å². The first-order valence-corrected chi connectivity index (χ1v) is 11.9. The molecule has 1 atom stereocenters. The summed E-state index contributed by atoms with van der Waals surface area (Å²) in [6, 6.07) is 14.4. The Balaban J connectivity index is 1.55. The number of amides is 1. The number of sulfonamides is 1. The number of nitrogens with zero attached hydrogens (tertiary/aromatic N) is 1. The Kier molecular flexibility index (Phi) is 7.50. The van der Waals surface area contributed by atoms with E-state index in [-0.39, 0.29) is 11.9 Å². The van der Waals surface area contributed by atoms with Crippen LogP contribution in [-0.4, -0.2) is 38.8 Å². The maximum atomic E-state index is 12.7. The molecule has 0 saturated carbocycles. The summed E-state index contributed by atoms with van der Waals surface area (Å²) in [5.41, 5.74) is 1.87. The zero-order chi connectivity index (χ0) is 21.6. The number of benzene rings is 2. The number of piperidine rings is 1. The average molecular weight is 431 g/mol. The average Bonchev–Trinajstić information content (AvgIpc) is 2.78. The Bertz CT molecular complexity index is 951. The van der Waals surface area contributed by atoms with Crippen LogP contribution in [0.3, 0.4) is 0 Å². The summed E-state index contributed by atoms with van der Waals surface area (Å²) in [5, 5.41) is 3.00. The van der Waals surface area contributed by atoms with E-state index in [0.717, 1.165) is 36.1 Å². The van der Waals surface area contributed by atoms with E-state index in [1.165, 1.54) is 0 Å². The van der Waals surface area contributed by atoms with Crippen LogP contribution in [0, 0.1) is 0 Å². The van der Waals surface area contributed by atoms with E-state index in [2.05, 4.69) is 5.32 Å². The maximum absolute atomic E-state index is 12.7. The number of carbonyl (C=O) groups is 1. The van der Waals surface area contributed by atoms with Crippen molar-refractivity contribution in [1.29, 1.82) is 0 Å². The van der Waals surface area contributed by atoms with Crippen LogP contribution in [0.1, 0.15) is 49.8 Å². The van der Waals surface area contributed by atoms with Crippen LogP contribution in [0.15, 0.2) is 53.4 Å². The fourth-order valence-corrected chi connectivity index (χ4v) is 5.27. The SMILES string of the molecule is COc1ccccc1[C@@H](C)NC(=O)CCc1ccc(S(=O)(=O)N2CCCCC2)cc1. The van der Waals surface area contributed by atoms with Gasteiger partial charge in [-0.15, -0.1) is 0 Å². The fourth-order valence-electron chi connectivity index (χ4n) is 3.76. The summed E-state index contributed by atoms with van der Waals surface area (Å²) in [6.45, 7) is 3.11. The Morgan fingerprint density at radius 1 is 1.07 bits per heavy atom. The van der Waals surface area contributed by atoms with Crippen molar-refractivity contribution in [3.05, 3.63) is 59.7 Å². The molecule has 1 aliphatic heterocycles. The van der Waals surface area contributed by atoms with Crippen molar-refractivity contribution in [2.75, 3.05) is 20.2 Å². The minimum Gasteiger partial charge on any atom is -0.496 e. The van der Waals surface area contributed by atoms with Crippen LogP contribution in [0.2, 0.25) is 0 Å². The standard InChI is InChI=1S/C23H30N2O4S/c1-18(21-8-4-5-9-22(21)29-2)24-23(26)15-12-19-10-13-20(14-11-19)30(27,28)25-16-6-3-7-17-25/h4-5,8-11,13-14,18H,3,6-7,12,15-17H2,1-2H3,(H,24,26)/t18-/m1/s1. The number of carbonyl (C=O) groups excluding carboxylic acids is 1. The minimum atomic E-state index is -3.42. The highest BCUT2D eigenvalue weighted by atomic mass is 32.2. The second-order valence-electron chi connectivity index (χ2n) is 7.64.